The highest BCUT2D eigenvalue weighted by atomic mass is 35.5. The lowest BCUT2D eigenvalue weighted by Crippen LogP contribution is -2.02. The average molecular weight is 332 g/mol. The monoisotopic (exact) mass is 330 g/mol. The highest BCUT2D eigenvalue weighted by molar-refractivity contribution is 6.36. The number of halogens is 3. The Morgan fingerprint density at radius 1 is 1.05 bits per heavy atom. The number of nitro groups is 1. The standard InChI is InChI=1S/C13H9Cl3N2O2/c14-10-2-1-3-11(15)9(10)7-17-13-6-8(18(19)20)4-5-12(13)16/h1-6,17H,7H2. The van der Waals surface area contributed by atoms with Crippen molar-refractivity contribution in [3.63, 3.8) is 0 Å². The van der Waals surface area contributed by atoms with Gasteiger partial charge in [-0.25, -0.2) is 0 Å². The molecule has 2 aromatic rings. The Kier molecular flexibility index (Phi) is 4.70. The molecule has 0 aliphatic carbocycles. The topological polar surface area (TPSA) is 55.2 Å². The maximum Gasteiger partial charge on any atom is 0.271 e. The van der Waals surface area contributed by atoms with Gasteiger partial charge in [-0.2, -0.15) is 0 Å². The molecule has 0 saturated carbocycles. The molecule has 2 aromatic carbocycles. The summed E-state index contributed by atoms with van der Waals surface area (Å²) < 4.78 is 0. The molecule has 0 heterocycles. The molecule has 104 valence electrons. The Balaban J connectivity index is 2.23. The fourth-order valence-electron chi connectivity index (χ4n) is 1.65. The van der Waals surface area contributed by atoms with Gasteiger partial charge in [-0.15, -0.1) is 0 Å². The zero-order valence-corrected chi connectivity index (χ0v) is 12.3. The number of nitrogens with zero attached hydrogens (tertiary/aromatic N) is 1. The number of benzene rings is 2. The van der Waals surface area contributed by atoms with Gasteiger partial charge in [0.05, 0.1) is 15.6 Å². The molecule has 20 heavy (non-hydrogen) atoms. The number of hydrogen-bond donors (Lipinski definition) is 1. The molecule has 0 unspecified atom stereocenters. The first-order valence-corrected chi connectivity index (χ1v) is 6.73. The van der Waals surface area contributed by atoms with E-state index in [0.29, 0.717) is 32.9 Å². The molecule has 4 nitrogen and oxygen atoms in total. The Labute approximate surface area is 130 Å². The summed E-state index contributed by atoms with van der Waals surface area (Å²) in [5, 5.41) is 15.2. The quantitative estimate of drug-likeness (QED) is 0.621. The summed E-state index contributed by atoms with van der Waals surface area (Å²) in [5.74, 6) is 0. The van der Waals surface area contributed by atoms with Crippen LogP contribution in [-0.4, -0.2) is 4.92 Å². The van der Waals surface area contributed by atoms with Crippen molar-refractivity contribution in [3.8, 4) is 0 Å². The van der Waals surface area contributed by atoms with Crippen LogP contribution in [0.2, 0.25) is 15.1 Å². The molecule has 0 aliphatic rings. The van der Waals surface area contributed by atoms with E-state index in [1.807, 2.05) is 0 Å². The summed E-state index contributed by atoms with van der Waals surface area (Å²) in [6, 6.07) is 9.37. The van der Waals surface area contributed by atoms with Crippen LogP contribution in [0.4, 0.5) is 11.4 Å². The number of nitrogens with one attached hydrogen (secondary N) is 1. The Morgan fingerprint density at radius 2 is 1.70 bits per heavy atom. The van der Waals surface area contributed by atoms with Crippen LogP contribution in [0.25, 0.3) is 0 Å². The molecule has 2 rings (SSSR count). The lowest BCUT2D eigenvalue weighted by Gasteiger charge is -2.11. The minimum absolute atomic E-state index is 0.0397. The van der Waals surface area contributed by atoms with Gasteiger partial charge >= 0.3 is 0 Å². The molecule has 0 spiro atoms. The predicted molar refractivity (Wildman–Crippen MR) is 81.9 cm³/mol. The largest absolute Gasteiger partial charge is 0.379 e. The van der Waals surface area contributed by atoms with E-state index < -0.39 is 4.92 Å². The number of hydrogen-bond acceptors (Lipinski definition) is 3. The summed E-state index contributed by atoms with van der Waals surface area (Å²) in [6.07, 6.45) is 0. The Morgan fingerprint density at radius 3 is 2.30 bits per heavy atom. The van der Waals surface area contributed by atoms with Crippen molar-refractivity contribution < 1.29 is 4.92 Å². The smallest absolute Gasteiger partial charge is 0.271 e. The van der Waals surface area contributed by atoms with Gasteiger partial charge in [-0.1, -0.05) is 40.9 Å². The van der Waals surface area contributed by atoms with Crippen LogP contribution in [0, 0.1) is 10.1 Å². The van der Waals surface area contributed by atoms with Gasteiger partial charge in [0.2, 0.25) is 0 Å². The summed E-state index contributed by atoms with van der Waals surface area (Å²) in [6.45, 7) is 0.319. The molecule has 0 saturated heterocycles. The second kappa shape index (κ2) is 6.31. The van der Waals surface area contributed by atoms with Crippen LogP contribution in [0.15, 0.2) is 36.4 Å². The van der Waals surface area contributed by atoms with E-state index in [9.17, 15) is 10.1 Å². The van der Waals surface area contributed by atoms with Crippen LogP contribution in [0.5, 0.6) is 0 Å². The highest BCUT2D eigenvalue weighted by Gasteiger charge is 2.11. The van der Waals surface area contributed by atoms with Crippen molar-refractivity contribution in [1.82, 2.24) is 0 Å². The molecule has 0 amide bonds. The molecule has 0 aliphatic heterocycles. The molecular formula is C13H9Cl3N2O2. The van der Waals surface area contributed by atoms with Crippen LogP contribution in [0.1, 0.15) is 5.56 Å². The highest BCUT2D eigenvalue weighted by Crippen LogP contribution is 2.29. The van der Waals surface area contributed by atoms with Gasteiger partial charge in [0.25, 0.3) is 5.69 Å². The Bertz CT molecular complexity index is 642. The molecule has 0 atom stereocenters. The van der Waals surface area contributed by atoms with Gasteiger partial charge < -0.3 is 5.32 Å². The third-order valence-electron chi connectivity index (χ3n) is 2.68. The zero-order valence-electron chi connectivity index (χ0n) is 10.1. The molecule has 0 bridgehead atoms. The van der Waals surface area contributed by atoms with Gasteiger partial charge in [0.15, 0.2) is 0 Å². The number of non-ortho nitro benzene ring substituents is 1. The third kappa shape index (κ3) is 3.33. The van der Waals surface area contributed by atoms with Crippen LogP contribution < -0.4 is 5.32 Å². The van der Waals surface area contributed by atoms with E-state index in [4.69, 9.17) is 34.8 Å². The molecule has 0 radical (unpaired) electrons. The van der Waals surface area contributed by atoms with Gasteiger partial charge in [0.1, 0.15) is 0 Å². The maximum absolute atomic E-state index is 10.7. The number of nitro benzene ring substituents is 1. The summed E-state index contributed by atoms with van der Waals surface area (Å²) >= 11 is 18.1. The lowest BCUT2D eigenvalue weighted by atomic mass is 10.2. The third-order valence-corrected chi connectivity index (χ3v) is 3.72. The van der Waals surface area contributed by atoms with E-state index in [1.54, 1.807) is 18.2 Å². The second-order valence-corrected chi connectivity index (χ2v) is 5.20. The maximum atomic E-state index is 10.7. The van der Waals surface area contributed by atoms with Crippen LogP contribution in [-0.2, 0) is 6.54 Å². The zero-order chi connectivity index (χ0) is 14.7. The second-order valence-electron chi connectivity index (χ2n) is 3.98. The first-order valence-electron chi connectivity index (χ1n) is 5.59. The van der Waals surface area contributed by atoms with Gasteiger partial charge in [-0.05, 0) is 18.2 Å². The summed E-state index contributed by atoms with van der Waals surface area (Å²) in [5.41, 5.74) is 1.12. The lowest BCUT2D eigenvalue weighted by molar-refractivity contribution is -0.384. The molecule has 0 aromatic heterocycles. The minimum atomic E-state index is -0.482. The van der Waals surface area contributed by atoms with Crippen LogP contribution in [0.3, 0.4) is 0 Å². The van der Waals surface area contributed by atoms with Crippen molar-refractivity contribution in [1.29, 1.82) is 0 Å². The first-order chi connectivity index (χ1) is 9.49. The van der Waals surface area contributed by atoms with Gasteiger partial charge in [0, 0.05) is 34.3 Å². The van der Waals surface area contributed by atoms with Crippen molar-refractivity contribution in [3.05, 3.63) is 67.1 Å². The number of rotatable bonds is 4. The molecule has 1 N–H and O–H groups in total. The fraction of sp³-hybridized carbons (Fsp3) is 0.0769. The van der Waals surface area contributed by atoms with E-state index in [1.165, 1.54) is 18.2 Å². The average Bonchev–Trinajstić information content (AvgIpc) is 2.39. The van der Waals surface area contributed by atoms with E-state index in [-0.39, 0.29) is 5.69 Å². The predicted octanol–water partition coefficient (Wildman–Crippen LogP) is 5.17. The van der Waals surface area contributed by atoms with E-state index >= 15 is 0 Å². The molecular weight excluding hydrogens is 323 g/mol. The van der Waals surface area contributed by atoms with Crippen molar-refractivity contribution in [2.24, 2.45) is 0 Å². The van der Waals surface area contributed by atoms with E-state index in [0.717, 1.165) is 0 Å². The van der Waals surface area contributed by atoms with Crippen molar-refractivity contribution in [2.45, 2.75) is 6.54 Å². The summed E-state index contributed by atoms with van der Waals surface area (Å²) in [7, 11) is 0. The molecule has 0 fully saturated rings. The van der Waals surface area contributed by atoms with Gasteiger partial charge in [-0.3, -0.25) is 10.1 Å². The summed E-state index contributed by atoms with van der Waals surface area (Å²) in [4.78, 5) is 10.3. The van der Waals surface area contributed by atoms with Crippen molar-refractivity contribution >= 4 is 46.2 Å². The normalized spacial score (nSPS) is 10.3. The fourth-order valence-corrected chi connectivity index (χ4v) is 2.36. The minimum Gasteiger partial charge on any atom is -0.379 e. The number of anilines is 1. The molecule has 7 heteroatoms. The van der Waals surface area contributed by atoms with E-state index in [2.05, 4.69) is 5.32 Å². The first kappa shape index (κ1) is 14.9. The Hall–Kier alpha value is -1.49. The SMILES string of the molecule is O=[N+]([O-])c1ccc(Cl)c(NCc2c(Cl)cccc2Cl)c1. The van der Waals surface area contributed by atoms with Crippen LogP contribution >= 0.6 is 34.8 Å². The van der Waals surface area contributed by atoms with Crippen molar-refractivity contribution in [2.75, 3.05) is 5.32 Å².